The summed E-state index contributed by atoms with van der Waals surface area (Å²) in [5.41, 5.74) is 0. The molecule has 0 aromatic heterocycles. The molecule has 0 saturated heterocycles. The van der Waals surface area contributed by atoms with Crippen LogP contribution in [-0.2, 0) is 4.79 Å². The maximum absolute atomic E-state index is 11.8. The zero-order valence-corrected chi connectivity index (χ0v) is 10.9. The van der Waals surface area contributed by atoms with Gasteiger partial charge in [-0.3, -0.25) is 4.79 Å². The Morgan fingerprint density at radius 2 is 1.89 bits per heavy atom. The van der Waals surface area contributed by atoms with Gasteiger partial charge in [0.1, 0.15) is 11.5 Å². The number of likely N-dealkylation sites (N-methyl/N-ethyl adjacent to an activating group) is 1. The Morgan fingerprint density at radius 3 is 2.39 bits per heavy atom. The fraction of sp³-hybridized carbons (Fsp3) is 0.462. The van der Waals surface area contributed by atoms with E-state index in [0.717, 1.165) is 5.75 Å². The van der Waals surface area contributed by atoms with Crippen molar-refractivity contribution in [2.75, 3.05) is 27.3 Å². The molecule has 100 valence electrons. The van der Waals surface area contributed by atoms with Crippen molar-refractivity contribution in [2.45, 2.75) is 13.0 Å². The summed E-state index contributed by atoms with van der Waals surface area (Å²) in [4.78, 5) is 13.3. The van der Waals surface area contributed by atoms with E-state index in [4.69, 9.17) is 14.6 Å². The SMILES string of the molecule is COc1ccc(OC(C)C(=O)N(C)CCO)cc1. The third kappa shape index (κ3) is 3.92. The number of aliphatic hydroxyl groups is 1. The predicted octanol–water partition coefficient (Wildman–Crippen LogP) is 0.913. The van der Waals surface area contributed by atoms with Crippen LogP contribution in [0.5, 0.6) is 11.5 Å². The third-order valence-electron chi connectivity index (χ3n) is 2.53. The van der Waals surface area contributed by atoms with Crippen molar-refractivity contribution in [1.29, 1.82) is 0 Å². The van der Waals surface area contributed by atoms with Crippen LogP contribution in [-0.4, -0.2) is 49.3 Å². The molecule has 1 unspecified atom stereocenters. The van der Waals surface area contributed by atoms with Crippen LogP contribution < -0.4 is 9.47 Å². The molecule has 1 atom stereocenters. The number of amides is 1. The van der Waals surface area contributed by atoms with Crippen LogP contribution in [0.3, 0.4) is 0 Å². The lowest BCUT2D eigenvalue weighted by Gasteiger charge is -2.21. The highest BCUT2D eigenvalue weighted by molar-refractivity contribution is 5.80. The standard InChI is InChI=1S/C13H19NO4/c1-10(13(16)14(2)8-9-15)18-12-6-4-11(17-3)5-7-12/h4-7,10,15H,8-9H2,1-3H3. The molecule has 1 rings (SSSR count). The van der Waals surface area contributed by atoms with Crippen LogP contribution in [0.4, 0.5) is 0 Å². The van der Waals surface area contributed by atoms with Crippen molar-refractivity contribution >= 4 is 5.91 Å². The molecule has 5 heteroatoms. The fourth-order valence-electron chi connectivity index (χ4n) is 1.48. The van der Waals surface area contributed by atoms with Crippen LogP contribution >= 0.6 is 0 Å². The molecular weight excluding hydrogens is 234 g/mol. The van der Waals surface area contributed by atoms with E-state index < -0.39 is 6.10 Å². The smallest absolute Gasteiger partial charge is 0.263 e. The highest BCUT2D eigenvalue weighted by atomic mass is 16.5. The maximum atomic E-state index is 11.8. The van der Waals surface area contributed by atoms with Gasteiger partial charge in [-0.25, -0.2) is 0 Å². The summed E-state index contributed by atoms with van der Waals surface area (Å²) >= 11 is 0. The molecule has 1 N–H and O–H groups in total. The second kappa shape index (κ2) is 6.86. The summed E-state index contributed by atoms with van der Waals surface area (Å²) in [6.45, 7) is 1.92. The Bertz CT molecular complexity index is 377. The quantitative estimate of drug-likeness (QED) is 0.818. The molecule has 0 aliphatic heterocycles. The first kappa shape index (κ1) is 14.3. The lowest BCUT2D eigenvalue weighted by molar-refractivity contribution is -0.137. The highest BCUT2D eigenvalue weighted by Crippen LogP contribution is 2.18. The summed E-state index contributed by atoms with van der Waals surface area (Å²) in [6, 6.07) is 7.03. The van der Waals surface area contributed by atoms with E-state index in [1.54, 1.807) is 45.3 Å². The first-order chi connectivity index (χ1) is 8.58. The number of carbonyl (C=O) groups excluding carboxylic acids is 1. The van der Waals surface area contributed by atoms with E-state index in [0.29, 0.717) is 12.3 Å². The zero-order valence-electron chi connectivity index (χ0n) is 10.9. The van der Waals surface area contributed by atoms with E-state index in [9.17, 15) is 4.79 Å². The molecule has 0 fully saturated rings. The number of benzene rings is 1. The fourth-order valence-corrected chi connectivity index (χ4v) is 1.48. The van der Waals surface area contributed by atoms with Gasteiger partial charge in [-0.2, -0.15) is 0 Å². The molecule has 1 aromatic rings. The van der Waals surface area contributed by atoms with E-state index in [2.05, 4.69) is 0 Å². The molecule has 0 radical (unpaired) electrons. The minimum Gasteiger partial charge on any atom is -0.497 e. The van der Waals surface area contributed by atoms with E-state index >= 15 is 0 Å². The van der Waals surface area contributed by atoms with Crippen molar-refractivity contribution in [3.05, 3.63) is 24.3 Å². The monoisotopic (exact) mass is 253 g/mol. The van der Waals surface area contributed by atoms with E-state index in [1.807, 2.05) is 0 Å². The number of ether oxygens (including phenoxy) is 2. The minimum absolute atomic E-state index is 0.0580. The molecule has 5 nitrogen and oxygen atoms in total. The average molecular weight is 253 g/mol. The number of carbonyl (C=O) groups is 1. The molecule has 0 saturated carbocycles. The molecule has 1 amide bonds. The lowest BCUT2D eigenvalue weighted by atomic mass is 10.3. The predicted molar refractivity (Wildman–Crippen MR) is 67.8 cm³/mol. The van der Waals surface area contributed by atoms with Gasteiger partial charge in [0.25, 0.3) is 5.91 Å². The molecule has 1 aromatic carbocycles. The Balaban J connectivity index is 2.57. The number of aliphatic hydroxyl groups excluding tert-OH is 1. The number of methoxy groups -OCH3 is 1. The van der Waals surface area contributed by atoms with E-state index in [1.165, 1.54) is 4.90 Å². The molecule has 0 spiro atoms. The van der Waals surface area contributed by atoms with Crippen molar-refractivity contribution in [3.63, 3.8) is 0 Å². The van der Waals surface area contributed by atoms with Gasteiger partial charge in [-0.15, -0.1) is 0 Å². The maximum Gasteiger partial charge on any atom is 0.263 e. The summed E-state index contributed by atoms with van der Waals surface area (Å²) in [6.07, 6.45) is -0.588. The third-order valence-corrected chi connectivity index (χ3v) is 2.53. The Kier molecular flexibility index (Phi) is 5.45. The second-order valence-corrected chi connectivity index (χ2v) is 3.92. The molecule has 0 heterocycles. The first-order valence-electron chi connectivity index (χ1n) is 5.75. The lowest BCUT2D eigenvalue weighted by Crippen LogP contribution is -2.39. The summed E-state index contributed by atoms with van der Waals surface area (Å²) in [5, 5.41) is 8.77. The highest BCUT2D eigenvalue weighted by Gasteiger charge is 2.18. The van der Waals surface area contributed by atoms with E-state index in [-0.39, 0.29) is 12.5 Å². The summed E-state index contributed by atoms with van der Waals surface area (Å²) in [5.74, 6) is 1.17. The number of rotatable bonds is 6. The van der Waals surface area contributed by atoms with Crippen LogP contribution in [0.1, 0.15) is 6.92 Å². The average Bonchev–Trinajstić information content (AvgIpc) is 2.39. The minimum atomic E-state index is -0.588. The molecule has 0 aliphatic carbocycles. The molecule has 18 heavy (non-hydrogen) atoms. The van der Waals surface area contributed by atoms with Crippen molar-refractivity contribution in [1.82, 2.24) is 4.90 Å². The van der Waals surface area contributed by atoms with Gasteiger partial charge in [-0.05, 0) is 31.2 Å². The van der Waals surface area contributed by atoms with Crippen LogP contribution in [0, 0.1) is 0 Å². The Morgan fingerprint density at radius 1 is 1.33 bits per heavy atom. The van der Waals surface area contributed by atoms with Gasteiger partial charge in [-0.1, -0.05) is 0 Å². The first-order valence-corrected chi connectivity index (χ1v) is 5.75. The van der Waals surface area contributed by atoms with Crippen LogP contribution in [0.15, 0.2) is 24.3 Å². The van der Waals surface area contributed by atoms with Gasteiger partial charge in [0.05, 0.1) is 13.7 Å². The Labute approximate surface area is 107 Å². The van der Waals surface area contributed by atoms with Crippen LogP contribution in [0.25, 0.3) is 0 Å². The van der Waals surface area contributed by atoms with Gasteiger partial charge in [0.2, 0.25) is 0 Å². The summed E-state index contributed by atoms with van der Waals surface area (Å²) in [7, 11) is 3.22. The molecular formula is C13H19NO4. The topological polar surface area (TPSA) is 59.0 Å². The van der Waals surface area contributed by atoms with Gasteiger partial charge < -0.3 is 19.5 Å². The molecule has 0 bridgehead atoms. The normalized spacial score (nSPS) is 11.8. The molecule has 0 aliphatic rings. The van der Waals surface area contributed by atoms with Crippen molar-refractivity contribution < 1.29 is 19.4 Å². The van der Waals surface area contributed by atoms with Crippen LogP contribution in [0.2, 0.25) is 0 Å². The van der Waals surface area contributed by atoms with Gasteiger partial charge >= 0.3 is 0 Å². The number of hydrogen-bond donors (Lipinski definition) is 1. The number of hydrogen-bond acceptors (Lipinski definition) is 4. The van der Waals surface area contributed by atoms with Crippen molar-refractivity contribution in [3.8, 4) is 11.5 Å². The largest absolute Gasteiger partial charge is 0.497 e. The second-order valence-electron chi connectivity index (χ2n) is 3.92. The number of nitrogens with zero attached hydrogens (tertiary/aromatic N) is 1. The zero-order chi connectivity index (χ0) is 13.5. The van der Waals surface area contributed by atoms with Gasteiger partial charge in [0, 0.05) is 13.6 Å². The van der Waals surface area contributed by atoms with Crippen molar-refractivity contribution in [2.24, 2.45) is 0 Å². The summed E-state index contributed by atoms with van der Waals surface area (Å²) < 4.78 is 10.5. The Hall–Kier alpha value is -1.75. The van der Waals surface area contributed by atoms with Gasteiger partial charge in [0.15, 0.2) is 6.10 Å².